The largest absolute Gasteiger partial charge is 0.487 e. The van der Waals surface area contributed by atoms with Crippen molar-refractivity contribution >= 4 is 57.3 Å². The van der Waals surface area contributed by atoms with Crippen LogP contribution < -0.4 is 4.74 Å². The predicted octanol–water partition coefficient (Wildman–Crippen LogP) is 8.21. The van der Waals surface area contributed by atoms with Gasteiger partial charge in [0.1, 0.15) is 29.7 Å². The lowest BCUT2D eigenvalue weighted by molar-refractivity contribution is 0.302. The lowest BCUT2D eigenvalue weighted by Gasteiger charge is -2.11. The maximum atomic E-state index is 9.91. The molecule has 0 aliphatic heterocycles. The molecule has 6 nitrogen and oxygen atoms in total. The van der Waals surface area contributed by atoms with Crippen molar-refractivity contribution in [2.45, 2.75) is 6.61 Å². The van der Waals surface area contributed by atoms with Crippen LogP contribution in [0.5, 0.6) is 5.75 Å². The normalized spacial score (nSPS) is 11.1. The van der Waals surface area contributed by atoms with Crippen molar-refractivity contribution in [2.24, 2.45) is 4.99 Å². The van der Waals surface area contributed by atoms with Crippen LogP contribution in [0.4, 0.5) is 5.88 Å². The smallest absolute Gasteiger partial charge is 0.238 e. The maximum absolute atomic E-state index is 9.91. The van der Waals surface area contributed by atoms with E-state index in [1.807, 2.05) is 42.5 Å². The Hall–Kier alpha value is -3.30. The molecule has 5 aromatic rings. The summed E-state index contributed by atoms with van der Waals surface area (Å²) in [5.74, 6) is 2.38. The third kappa shape index (κ3) is 5.06. The summed E-state index contributed by atoms with van der Waals surface area (Å²) < 4.78 is 25.1. The fourth-order valence-corrected chi connectivity index (χ4v) is 5.63. The summed E-state index contributed by atoms with van der Waals surface area (Å²) in [5, 5.41) is 9.91. The summed E-state index contributed by atoms with van der Waals surface area (Å²) in [5.41, 5.74) is 2.74. The molecule has 172 valence electrons. The molecule has 0 amide bonds. The number of rotatable bonds is 7. The van der Waals surface area contributed by atoms with Crippen molar-refractivity contribution in [3.63, 3.8) is 0 Å². The summed E-state index contributed by atoms with van der Waals surface area (Å²) in [7, 11) is 0. The highest BCUT2D eigenvalue weighted by molar-refractivity contribution is 14.1. The highest BCUT2D eigenvalue weighted by Crippen LogP contribution is 2.43. The molecule has 0 aliphatic rings. The summed E-state index contributed by atoms with van der Waals surface area (Å²) in [6.07, 6.45) is 4.76. The minimum atomic E-state index is 0.180. The number of furan rings is 3. The van der Waals surface area contributed by atoms with E-state index in [1.165, 1.54) is 0 Å². The molecular weight excluding hydrogens is 670 g/mol. The molecule has 3 aromatic heterocycles. The van der Waals surface area contributed by atoms with Gasteiger partial charge in [0.05, 0.1) is 25.2 Å². The van der Waals surface area contributed by atoms with E-state index in [0.717, 1.165) is 24.0 Å². The zero-order chi connectivity index (χ0) is 24.2. The third-order valence-electron chi connectivity index (χ3n) is 5.09. The van der Waals surface area contributed by atoms with Crippen LogP contribution in [0.3, 0.4) is 0 Å². The Morgan fingerprint density at radius 1 is 0.914 bits per heavy atom. The van der Waals surface area contributed by atoms with Crippen LogP contribution in [-0.4, -0.2) is 6.21 Å². The van der Waals surface area contributed by atoms with E-state index < -0.39 is 0 Å². The minimum Gasteiger partial charge on any atom is -0.487 e. The molecule has 0 bridgehead atoms. The first-order valence-electron chi connectivity index (χ1n) is 10.5. The first-order valence-corrected chi connectivity index (χ1v) is 12.6. The van der Waals surface area contributed by atoms with Crippen LogP contribution in [0, 0.1) is 18.5 Å². The van der Waals surface area contributed by atoms with Crippen molar-refractivity contribution in [1.29, 1.82) is 5.26 Å². The average Bonchev–Trinajstić information content (AvgIpc) is 3.63. The number of halogens is 2. The topological polar surface area (TPSA) is 84.8 Å². The molecule has 0 aliphatic carbocycles. The van der Waals surface area contributed by atoms with Crippen LogP contribution in [0.1, 0.15) is 16.7 Å². The Labute approximate surface area is 228 Å². The number of benzene rings is 2. The van der Waals surface area contributed by atoms with Gasteiger partial charge in [-0.2, -0.15) is 5.26 Å². The number of aliphatic imine (C=N–C) groups is 1. The maximum Gasteiger partial charge on any atom is 0.238 e. The van der Waals surface area contributed by atoms with Gasteiger partial charge in [0.15, 0.2) is 11.5 Å². The van der Waals surface area contributed by atoms with Gasteiger partial charge in [-0.1, -0.05) is 30.3 Å². The molecule has 0 fully saturated rings. The van der Waals surface area contributed by atoms with Gasteiger partial charge in [0.25, 0.3) is 0 Å². The predicted molar refractivity (Wildman–Crippen MR) is 149 cm³/mol. The van der Waals surface area contributed by atoms with E-state index in [-0.39, 0.29) is 11.4 Å². The molecule has 0 saturated carbocycles. The number of hydrogen-bond donors (Lipinski definition) is 0. The Morgan fingerprint density at radius 3 is 2.23 bits per heavy atom. The van der Waals surface area contributed by atoms with Crippen LogP contribution in [0.2, 0.25) is 0 Å². The fourth-order valence-electron chi connectivity index (χ4n) is 3.51. The molecule has 0 spiro atoms. The van der Waals surface area contributed by atoms with Gasteiger partial charge in [0.2, 0.25) is 5.88 Å². The molecule has 0 unspecified atom stereocenters. The summed E-state index contributed by atoms with van der Waals surface area (Å²) in [6.45, 7) is 0.489. The Kier molecular flexibility index (Phi) is 7.06. The highest BCUT2D eigenvalue weighted by Gasteiger charge is 2.26. The Morgan fingerprint density at radius 2 is 1.60 bits per heavy atom. The molecule has 0 radical (unpaired) electrons. The molecule has 35 heavy (non-hydrogen) atoms. The highest BCUT2D eigenvalue weighted by atomic mass is 127. The van der Waals surface area contributed by atoms with Crippen LogP contribution in [0.25, 0.3) is 22.8 Å². The van der Waals surface area contributed by atoms with E-state index in [9.17, 15) is 5.26 Å². The van der Waals surface area contributed by atoms with E-state index in [1.54, 1.807) is 43.0 Å². The molecule has 8 heteroatoms. The number of hydrogen-bond acceptors (Lipinski definition) is 6. The van der Waals surface area contributed by atoms with E-state index >= 15 is 0 Å². The molecule has 2 aromatic carbocycles. The second-order valence-corrected chi connectivity index (χ2v) is 9.72. The first kappa shape index (κ1) is 23.4. The standard InChI is InChI=1S/C27H16I2N2O4/c28-20-12-18(13-21(29)25(20)34-16-17-6-2-1-3-7-17)15-31-27-19(14-30)24(22-8-4-10-32-22)26(35-27)23-9-5-11-33-23/h1-13,15H,16H2. The van der Waals surface area contributed by atoms with Gasteiger partial charge in [-0.3, -0.25) is 0 Å². The zero-order valence-corrected chi connectivity index (χ0v) is 22.4. The summed E-state index contributed by atoms with van der Waals surface area (Å²) in [4.78, 5) is 4.51. The van der Waals surface area contributed by atoms with Crippen LogP contribution >= 0.6 is 45.2 Å². The van der Waals surface area contributed by atoms with Crippen molar-refractivity contribution < 1.29 is 18.0 Å². The zero-order valence-electron chi connectivity index (χ0n) is 18.1. The lowest BCUT2D eigenvalue weighted by atomic mass is 10.1. The fraction of sp³-hybridized carbons (Fsp3) is 0.0370. The lowest BCUT2D eigenvalue weighted by Crippen LogP contribution is -2.00. The van der Waals surface area contributed by atoms with E-state index in [4.69, 9.17) is 18.0 Å². The molecule has 0 N–H and O–H groups in total. The third-order valence-corrected chi connectivity index (χ3v) is 6.69. The quantitative estimate of drug-likeness (QED) is 0.127. The minimum absolute atomic E-state index is 0.180. The number of ether oxygens (including phenoxy) is 1. The van der Waals surface area contributed by atoms with Gasteiger partial charge >= 0.3 is 0 Å². The van der Waals surface area contributed by atoms with Crippen LogP contribution in [-0.2, 0) is 6.61 Å². The van der Waals surface area contributed by atoms with E-state index in [2.05, 4.69) is 56.2 Å². The van der Waals surface area contributed by atoms with Crippen molar-refractivity contribution in [3.05, 3.63) is 103 Å². The van der Waals surface area contributed by atoms with Crippen molar-refractivity contribution in [3.8, 4) is 34.7 Å². The Balaban J connectivity index is 1.46. The van der Waals surface area contributed by atoms with Gasteiger partial charge in [-0.05, 0) is 92.7 Å². The SMILES string of the molecule is N#Cc1c(N=Cc2cc(I)c(OCc3ccccc3)c(I)c2)oc(-c2ccco2)c1-c1ccco1. The molecule has 3 heterocycles. The molecule has 5 rings (SSSR count). The van der Waals surface area contributed by atoms with E-state index in [0.29, 0.717) is 29.5 Å². The second kappa shape index (κ2) is 10.5. The van der Waals surface area contributed by atoms with Gasteiger partial charge < -0.3 is 18.0 Å². The van der Waals surface area contributed by atoms with Crippen molar-refractivity contribution in [2.75, 3.05) is 0 Å². The van der Waals surface area contributed by atoms with Gasteiger partial charge in [-0.25, -0.2) is 4.99 Å². The second-order valence-electron chi connectivity index (χ2n) is 7.40. The number of nitrogens with zero attached hydrogens (tertiary/aromatic N) is 2. The van der Waals surface area contributed by atoms with Gasteiger partial charge in [-0.15, -0.1) is 0 Å². The van der Waals surface area contributed by atoms with Gasteiger partial charge in [0, 0.05) is 6.21 Å². The van der Waals surface area contributed by atoms with Crippen molar-refractivity contribution in [1.82, 2.24) is 0 Å². The molecule has 0 saturated heterocycles. The average molecular weight is 686 g/mol. The molecular formula is C27H16I2N2O4. The van der Waals surface area contributed by atoms with Crippen LogP contribution in [0.15, 0.2) is 97.5 Å². The number of nitriles is 1. The first-order chi connectivity index (χ1) is 17.1. The molecule has 0 atom stereocenters. The monoisotopic (exact) mass is 686 g/mol. The summed E-state index contributed by atoms with van der Waals surface area (Å²) in [6, 6.07) is 23.2. The Bertz CT molecular complexity index is 1490. The summed E-state index contributed by atoms with van der Waals surface area (Å²) >= 11 is 4.51.